The molecule has 0 aliphatic rings. The summed E-state index contributed by atoms with van der Waals surface area (Å²) < 4.78 is 23.3. The third-order valence-corrected chi connectivity index (χ3v) is 8.86. The Bertz CT molecular complexity index is 2370. The molecule has 3 N–H and O–H groups in total. The molecule has 296 valence electrons. The van der Waals surface area contributed by atoms with Gasteiger partial charge < -0.3 is 33.8 Å². The van der Waals surface area contributed by atoms with E-state index in [1.54, 1.807) is 72.8 Å². The zero-order valence-electron chi connectivity index (χ0n) is 31.8. The van der Waals surface area contributed by atoms with Crippen molar-refractivity contribution in [2.45, 2.75) is 13.8 Å². The first kappa shape index (κ1) is 43.5. The molecule has 2 aromatic heterocycles. The molecule has 0 saturated carbocycles. The number of methoxy groups -OCH3 is 2. The molecule has 0 aliphatic carbocycles. The van der Waals surface area contributed by atoms with Crippen LogP contribution in [0.3, 0.4) is 0 Å². The van der Waals surface area contributed by atoms with E-state index in [1.165, 1.54) is 14.2 Å². The molecule has 6 aromatic rings. The molecular weight excluding hydrogens is 795 g/mol. The number of hydrogen-bond donors (Lipinski definition) is 2. The van der Waals surface area contributed by atoms with Crippen molar-refractivity contribution in [2.75, 3.05) is 25.3 Å². The zero-order valence-corrected chi connectivity index (χ0v) is 34.0. The number of ether oxygens (including phenoxy) is 4. The maximum absolute atomic E-state index is 12.3. The van der Waals surface area contributed by atoms with Crippen molar-refractivity contribution in [3.05, 3.63) is 142 Å². The van der Waals surface area contributed by atoms with Gasteiger partial charge in [-0.3, -0.25) is 5.32 Å². The predicted molar refractivity (Wildman–Crippen MR) is 223 cm³/mol. The van der Waals surface area contributed by atoms with E-state index >= 15 is 0 Å². The molecule has 15 heteroatoms. The second-order valence-electron chi connectivity index (χ2n) is 12.2. The maximum atomic E-state index is 12.3. The summed E-state index contributed by atoms with van der Waals surface area (Å²) in [4.78, 5) is 46.4. The average molecular weight is 834 g/mol. The van der Waals surface area contributed by atoms with Gasteiger partial charge in [-0.15, -0.1) is 0 Å². The van der Waals surface area contributed by atoms with Gasteiger partial charge in [0.2, 0.25) is 0 Å². The number of carbonyl (C=O) groups excluding carboxylic acids is 4. The number of hydrogen-bond acceptors (Lipinski definition) is 9. The molecule has 0 atom stereocenters. The lowest BCUT2D eigenvalue weighted by atomic mass is 10.00. The van der Waals surface area contributed by atoms with Gasteiger partial charge in [-0.25, -0.2) is 19.2 Å². The van der Waals surface area contributed by atoms with Crippen LogP contribution in [0.4, 0.5) is 21.0 Å². The van der Waals surface area contributed by atoms with E-state index in [0.29, 0.717) is 38.5 Å². The summed E-state index contributed by atoms with van der Waals surface area (Å²) in [5.41, 5.74) is 12.1. The van der Waals surface area contributed by atoms with Crippen LogP contribution in [0.1, 0.15) is 31.8 Å². The predicted octanol–water partition coefficient (Wildman–Crippen LogP) is 10.5. The van der Waals surface area contributed by atoms with Crippen molar-refractivity contribution in [3.63, 3.8) is 0 Å². The summed E-state index contributed by atoms with van der Waals surface area (Å²) in [7, 11) is 6.52. The number of nitrogens with two attached hydrogens (primary N) is 1. The summed E-state index contributed by atoms with van der Waals surface area (Å²) in [6.07, 6.45) is 3.16. The molecule has 0 fully saturated rings. The molecular formula is C42H39Cl3N4O8. The van der Waals surface area contributed by atoms with Gasteiger partial charge in [-0.05, 0) is 122 Å². The van der Waals surface area contributed by atoms with Gasteiger partial charge in [-0.1, -0.05) is 23.2 Å². The lowest BCUT2D eigenvalue weighted by Crippen LogP contribution is -2.19. The summed E-state index contributed by atoms with van der Waals surface area (Å²) in [5, 5.41) is 3.73. The number of halogens is 3. The Kier molecular flexibility index (Phi) is 15.3. The third kappa shape index (κ3) is 11.9. The third-order valence-electron chi connectivity index (χ3n) is 8.28. The topological polar surface area (TPSA) is 153 Å². The monoisotopic (exact) mass is 832 g/mol. The van der Waals surface area contributed by atoms with Crippen molar-refractivity contribution in [2.24, 2.45) is 14.1 Å². The average Bonchev–Trinajstić information content (AvgIpc) is 3.80. The van der Waals surface area contributed by atoms with Crippen molar-refractivity contribution in [1.29, 1.82) is 0 Å². The largest absolute Gasteiger partial charge is 0.465 e. The van der Waals surface area contributed by atoms with Gasteiger partial charge in [0, 0.05) is 76.3 Å². The summed E-state index contributed by atoms with van der Waals surface area (Å²) in [6.45, 7) is 3.87. The van der Waals surface area contributed by atoms with Crippen molar-refractivity contribution in [1.82, 2.24) is 9.13 Å². The van der Waals surface area contributed by atoms with Gasteiger partial charge in [0.05, 0.1) is 31.0 Å². The van der Waals surface area contributed by atoms with Crippen LogP contribution in [-0.4, -0.2) is 46.8 Å². The van der Waals surface area contributed by atoms with Crippen LogP contribution in [0.2, 0.25) is 10.0 Å². The second-order valence-corrected chi connectivity index (χ2v) is 13.4. The Balaban J connectivity index is 0.000000211. The molecule has 0 spiro atoms. The van der Waals surface area contributed by atoms with E-state index in [-0.39, 0.29) is 5.56 Å². The minimum atomic E-state index is -0.854. The Labute approximate surface area is 344 Å². The second kappa shape index (κ2) is 20.1. The molecule has 2 heterocycles. The number of amides is 1. The summed E-state index contributed by atoms with van der Waals surface area (Å²) >= 11 is 16.4. The fraction of sp³-hybridized carbons (Fsp3) is 0.143. The summed E-state index contributed by atoms with van der Waals surface area (Å²) in [6, 6.07) is 27.5. The van der Waals surface area contributed by atoms with Crippen LogP contribution in [0.5, 0.6) is 11.5 Å². The van der Waals surface area contributed by atoms with E-state index in [4.69, 9.17) is 54.7 Å². The first-order chi connectivity index (χ1) is 27.1. The Morgan fingerprint density at radius 3 is 1.51 bits per heavy atom. The number of esters is 2. The minimum Gasteiger partial charge on any atom is -0.465 e. The van der Waals surface area contributed by atoms with Gasteiger partial charge in [0.15, 0.2) is 0 Å². The Hall–Kier alpha value is -6.21. The Morgan fingerprint density at radius 1 is 0.632 bits per heavy atom. The maximum Gasteiger partial charge on any atom is 0.417 e. The number of benzene rings is 4. The van der Waals surface area contributed by atoms with E-state index in [9.17, 15) is 19.2 Å². The van der Waals surface area contributed by atoms with Gasteiger partial charge in [-0.2, -0.15) is 0 Å². The van der Waals surface area contributed by atoms with Crippen LogP contribution in [0, 0.1) is 13.8 Å². The number of nitrogens with zero attached hydrogens (tertiary/aromatic N) is 2. The normalized spacial score (nSPS) is 10.2. The zero-order chi connectivity index (χ0) is 41.8. The highest BCUT2D eigenvalue weighted by Gasteiger charge is 2.19. The number of carbonyl (C=O) groups is 4. The van der Waals surface area contributed by atoms with Crippen LogP contribution >= 0.6 is 34.8 Å². The Morgan fingerprint density at radius 2 is 1.07 bits per heavy atom. The number of rotatable bonds is 7. The number of aryl methyl sites for hydroxylation is 4. The van der Waals surface area contributed by atoms with Crippen LogP contribution < -0.4 is 20.5 Å². The highest BCUT2D eigenvalue weighted by Crippen LogP contribution is 2.31. The molecule has 57 heavy (non-hydrogen) atoms. The minimum absolute atomic E-state index is 0.234. The fourth-order valence-electron chi connectivity index (χ4n) is 5.48. The van der Waals surface area contributed by atoms with Gasteiger partial charge in [0.25, 0.3) is 0 Å². The molecule has 6 rings (SSSR count). The van der Waals surface area contributed by atoms with Crippen LogP contribution in [-0.2, 0) is 23.6 Å². The number of aromatic nitrogens is 2. The van der Waals surface area contributed by atoms with E-state index in [0.717, 1.165) is 33.6 Å². The molecule has 0 unspecified atom stereocenters. The van der Waals surface area contributed by atoms with Crippen molar-refractivity contribution in [3.8, 4) is 34.0 Å². The molecule has 4 aromatic carbocycles. The summed E-state index contributed by atoms with van der Waals surface area (Å²) in [5.74, 6) is -0.256. The fourth-order valence-corrected chi connectivity index (χ4v) is 5.82. The SMILES string of the molecule is COC(=O)c1cc(-c2cccn2C)c(C)cc1N.COC(=O)c1cc(-c2cccn2C)c(C)cc1NC(=O)Oc1ccc(Cl)cc1.O=C(Cl)Oc1ccc(Cl)cc1. The standard InChI is InChI=1S/C21H19ClN2O4.C14H16N2O2.C7H4Cl2O2/c1-13-11-18(23-21(26)28-15-8-6-14(22)7-9-15)17(20(25)27-3)12-16(13)19-5-4-10-24(19)2;1-9-7-12(15)11(14(17)18-3)8-10(9)13-5-4-6-16(13)2;8-5-1-3-6(4-2-5)11-7(9)10/h4-12H,1-3H3,(H,23,26);4-8H,15H2,1-3H3;1-4H. The number of nitrogen functional groups attached to an aromatic ring is 1. The molecule has 0 radical (unpaired) electrons. The molecule has 1 amide bonds. The molecule has 0 aliphatic heterocycles. The van der Waals surface area contributed by atoms with E-state index in [1.807, 2.05) is 73.7 Å². The lowest BCUT2D eigenvalue weighted by Gasteiger charge is -2.15. The molecule has 0 bridgehead atoms. The van der Waals surface area contributed by atoms with Crippen molar-refractivity contribution >= 4 is 69.6 Å². The van der Waals surface area contributed by atoms with Gasteiger partial charge in [0.1, 0.15) is 11.5 Å². The number of anilines is 2. The first-order valence-electron chi connectivity index (χ1n) is 16.9. The molecule has 0 saturated heterocycles. The van der Waals surface area contributed by atoms with E-state index in [2.05, 4.69) is 10.1 Å². The van der Waals surface area contributed by atoms with Crippen LogP contribution in [0.25, 0.3) is 22.5 Å². The van der Waals surface area contributed by atoms with Crippen molar-refractivity contribution < 1.29 is 38.1 Å². The quantitative estimate of drug-likeness (QED) is 0.0909. The van der Waals surface area contributed by atoms with Gasteiger partial charge >= 0.3 is 23.5 Å². The first-order valence-corrected chi connectivity index (χ1v) is 18.1. The van der Waals surface area contributed by atoms with E-state index < -0.39 is 23.5 Å². The smallest absolute Gasteiger partial charge is 0.417 e. The highest BCUT2D eigenvalue weighted by molar-refractivity contribution is 6.61. The number of nitrogens with one attached hydrogen (secondary N) is 1. The highest BCUT2D eigenvalue weighted by atomic mass is 35.5. The lowest BCUT2D eigenvalue weighted by molar-refractivity contribution is 0.0593. The van der Waals surface area contributed by atoms with Crippen LogP contribution in [0.15, 0.2) is 109 Å². The molecule has 12 nitrogen and oxygen atoms in total.